The van der Waals surface area contributed by atoms with Gasteiger partial charge in [-0.2, -0.15) is 4.98 Å². The Morgan fingerprint density at radius 3 is 2.51 bits per heavy atom. The molecule has 4 rings (SSSR count). The summed E-state index contributed by atoms with van der Waals surface area (Å²) < 4.78 is 17.2. The molecular formula is C27H36N4O4. The minimum atomic E-state index is 0.0103. The van der Waals surface area contributed by atoms with Gasteiger partial charge in [0.2, 0.25) is 11.6 Å². The molecule has 8 nitrogen and oxygen atoms in total. The Morgan fingerprint density at radius 2 is 1.80 bits per heavy atom. The zero-order chi connectivity index (χ0) is 24.9. The molecule has 0 bridgehead atoms. The van der Waals surface area contributed by atoms with Crippen LogP contribution in [0.15, 0.2) is 22.6 Å². The van der Waals surface area contributed by atoms with Gasteiger partial charge >= 0.3 is 0 Å². The van der Waals surface area contributed by atoms with Gasteiger partial charge in [-0.05, 0) is 71.6 Å². The number of benzene rings is 1. The van der Waals surface area contributed by atoms with Crippen molar-refractivity contribution in [3.8, 4) is 11.5 Å². The number of furan rings is 1. The second kappa shape index (κ2) is 11.0. The number of ether oxygens (including phenoxy) is 2. The molecule has 0 atom stereocenters. The third-order valence-corrected chi connectivity index (χ3v) is 6.61. The first-order chi connectivity index (χ1) is 16.9. The molecular weight excluding hydrogens is 444 g/mol. The van der Waals surface area contributed by atoms with Crippen molar-refractivity contribution in [2.24, 2.45) is 5.92 Å². The summed E-state index contributed by atoms with van der Waals surface area (Å²) in [6, 6.07) is 5.97. The van der Waals surface area contributed by atoms with Crippen molar-refractivity contribution in [1.29, 1.82) is 0 Å². The quantitative estimate of drug-likeness (QED) is 0.482. The summed E-state index contributed by atoms with van der Waals surface area (Å²) in [6.45, 7) is 13.1. The molecule has 0 saturated carbocycles. The van der Waals surface area contributed by atoms with Crippen molar-refractivity contribution in [1.82, 2.24) is 15.3 Å². The van der Waals surface area contributed by atoms with E-state index in [1.54, 1.807) is 0 Å². The summed E-state index contributed by atoms with van der Waals surface area (Å²) in [7, 11) is 0. The number of aromatic nitrogens is 2. The lowest BCUT2D eigenvalue weighted by Crippen LogP contribution is -2.41. The van der Waals surface area contributed by atoms with E-state index in [0.717, 1.165) is 71.9 Å². The first-order valence-electron chi connectivity index (χ1n) is 12.6. The molecule has 0 unspecified atom stereocenters. The standard InChI is InChI=1S/C27H36N4O4/c1-6-33-22-9-8-20(16-23(22)34-7-2)10-13-28-26(32)21-11-14-31(15-12-21)25-24-17(3)18(4)35-27(24)30-19(5)29-25/h8-9,16,21H,6-7,10-15H2,1-5H3,(H,28,32). The van der Waals surface area contributed by atoms with Crippen LogP contribution >= 0.6 is 0 Å². The second-order valence-corrected chi connectivity index (χ2v) is 9.01. The smallest absolute Gasteiger partial charge is 0.231 e. The Bertz CT molecular complexity index is 1180. The van der Waals surface area contributed by atoms with E-state index >= 15 is 0 Å². The van der Waals surface area contributed by atoms with E-state index in [1.165, 1.54) is 0 Å². The molecule has 188 valence electrons. The van der Waals surface area contributed by atoms with Crippen LogP contribution in [0, 0.1) is 26.7 Å². The van der Waals surface area contributed by atoms with Crippen molar-refractivity contribution in [2.75, 3.05) is 37.7 Å². The molecule has 1 aromatic carbocycles. The van der Waals surface area contributed by atoms with Gasteiger partial charge in [-0.25, -0.2) is 4.98 Å². The molecule has 0 spiro atoms. The predicted octanol–water partition coefficient (Wildman–Crippen LogP) is 4.52. The molecule has 35 heavy (non-hydrogen) atoms. The number of rotatable bonds is 9. The Kier molecular flexibility index (Phi) is 7.78. The number of piperidine rings is 1. The van der Waals surface area contributed by atoms with Crippen LogP contribution in [0.1, 0.15) is 49.4 Å². The SMILES string of the molecule is CCOc1ccc(CCNC(=O)C2CCN(c3nc(C)nc4oc(C)c(C)c34)CC2)cc1OCC. The minimum Gasteiger partial charge on any atom is -0.490 e. The van der Waals surface area contributed by atoms with E-state index < -0.39 is 0 Å². The molecule has 1 amide bonds. The fraction of sp³-hybridized carbons (Fsp3) is 0.519. The van der Waals surface area contributed by atoms with Gasteiger partial charge in [0.15, 0.2) is 11.5 Å². The van der Waals surface area contributed by atoms with Crippen LogP contribution in [0.2, 0.25) is 0 Å². The van der Waals surface area contributed by atoms with Gasteiger partial charge < -0.3 is 24.1 Å². The summed E-state index contributed by atoms with van der Waals surface area (Å²) in [5, 5.41) is 4.11. The van der Waals surface area contributed by atoms with E-state index in [1.807, 2.05) is 52.8 Å². The lowest BCUT2D eigenvalue weighted by molar-refractivity contribution is -0.125. The summed E-state index contributed by atoms with van der Waals surface area (Å²) in [5.41, 5.74) is 2.83. The van der Waals surface area contributed by atoms with Gasteiger partial charge in [0.1, 0.15) is 17.4 Å². The minimum absolute atomic E-state index is 0.0103. The number of hydrogen-bond donors (Lipinski definition) is 1. The number of anilines is 1. The number of carbonyl (C=O) groups excluding carboxylic acids is 1. The van der Waals surface area contributed by atoms with Gasteiger partial charge in [0.05, 0.1) is 18.6 Å². The first-order valence-corrected chi connectivity index (χ1v) is 12.6. The number of fused-ring (bicyclic) bond motifs is 1. The number of aryl methyl sites for hydroxylation is 3. The number of nitrogens with one attached hydrogen (secondary N) is 1. The Hall–Kier alpha value is -3.29. The van der Waals surface area contributed by atoms with E-state index in [9.17, 15) is 4.79 Å². The molecule has 1 aliphatic rings. The predicted molar refractivity (Wildman–Crippen MR) is 136 cm³/mol. The lowest BCUT2D eigenvalue weighted by atomic mass is 9.95. The summed E-state index contributed by atoms with van der Waals surface area (Å²) >= 11 is 0. The van der Waals surface area contributed by atoms with Gasteiger partial charge in [0.25, 0.3) is 0 Å². The van der Waals surface area contributed by atoms with Gasteiger partial charge in [-0.1, -0.05) is 6.07 Å². The van der Waals surface area contributed by atoms with Crippen molar-refractivity contribution < 1.29 is 18.7 Å². The van der Waals surface area contributed by atoms with E-state index in [-0.39, 0.29) is 11.8 Å². The Morgan fingerprint density at radius 1 is 1.09 bits per heavy atom. The first kappa shape index (κ1) is 24.8. The fourth-order valence-electron chi connectivity index (χ4n) is 4.64. The Labute approximate surface area is 207 Å². The summed E-state index contributed by atoms with van der Waals surface area (Å²) in [6.07, 6.45) is 2.34. The van der Waals surface area contributed by atoms with Crippen LogP contribution in [0.5, 0.6) is 11.5 Å². The average molecular weight is 481 g/mol. The maximum Gasteiger partial charge on any atom is 0.231 e. The molecule has 0 aliphatic carbocycles. The molecule has 0 radical (unpaired) electrons. The van der Waals surface area contributed by atoms with E-state index in [0.29, 0.717) is 31.3 Å². The highest BCUT2D eigenvalue weighted by atomic mass is 16.5. The van der Waals surface area contributed by atoms with Crippen LogP contribution in [0.3, 0.4) is 0 Å². The van der Waals surface area contributed by atoms with E-state index in [2.05, 4.69) is 15.2 Å². The zero-order valence-corrected chi connectivity index (χ0v) is 21.4. The second-order valence-electron chi connectivity index (χ2n) is 9.01. The van der Waals surface area contributed by atoms with Gasteiger partial charge in [0, 0.05) is 31.1 Å². The number of carbonyl (C=O) groups is 1. The molecule has 1 saturated heterocycles. The maximum atomic E-state index is 12.8. The van der Waals surface area contributed by atoms with Crippen LogP contribution in [0.4, 0.5) is 5.82 Å². The van der Waals surface area contributed by atoms with Crippen molar-refractivity contribution in [2.45, 2.75) is 53.9 Å². The van der Waals surface area contributed by atoms with Gasteiger partial charge in [-0.3, -0.25) is 4.79 Å². The van der Waals surface area contributed by atoms with Crippen LogP contribution < -0.4 is 19.7 Å². The van der Waals surface area contributed by atoms with Crippen LogP contribution in [-0.4, -0.2) is 48.7 Å². The third-order valence-electron chi connectivity index (χ3n) is 6.61. The van der Waals surface area contributed by atoms with Gasteiger partial charge in [-0.15, -0.1) is 0 Å². The van der Waals surface area contributed by atoms with Crippen LogP contribution in [0.25, 0.3) is 11.1 Å². The zero-order valence-electron chi connectivity index (χ0n) is 21.4. The Balaban J connectivity index is 1.32. The highest BCUT2D eigenvalue weighted by Crippen LogP contribution is 2.33. The normalized spacial score (nSPS) is 14.4. The van der Waals surface area contributed by atoms with Crippen molar-refractivity contribution >= 4 is 22.8 Å². The molecule has 8 heteroatoms. The number of amides is 1. The number of hydrogen-bond acceptors (Lipinski definition) is 7. The largest absolute Gasteiger partial charge is 0.490 e. The topological polar surface area (TPSA) is 89.7 Å². The molecule has 1 aliphatic heterocycles. The number of nitrogens with zero attached hydrogens (tertiary/aromatic N) is 3. The fourth-order valence-corrected chi connectivity index (χ4v) is 4.64. The molecule has 2 aromatic heterocycles. The lowest BCUT2D eigenvalue weighted by Gasteiger charge is -2.32. The molecule has 1 N–H and O–H groups in total. The monoisotopic (exact) mass is 480 g/mol. The highest BCUT2D eigenvalue weighted by molar-refractivity contribution is 5.90. The highest BCUT2D eigenvalue weighted by Gasteiger charge is 2.28. The molecule has 1 fully saturated rings. The molecule has 3 aromatic rings. The third kappa shape index (κ3) is 5.52. The summed E-state index contributed by atoms with van der Waals surface area (Å²) in [4.78, 5) is 24.3. The van der Waals surface area contributed by atoms with Crippen molar-refractivity contribution in [3.05, 3.63) is 40.9 Å². The van der Waals surface area contributed by atoms with Crippen LogP contribution in [-0.2, 0) is 11.2 Å². The average Bonchev–Trinajstić information content (AvgIpc) is 3.13. The summed E-state index contributed by atoms with van der Waals surface area (Å²) in [5.74, 6) is 4.13. The molecule has 3 heterocycles. The van der Waals surface area contributed by atoms with E-state index in [4.69, 9.17) is 18.9 Å². The maximum absolute atomic E-state index is 12.8. The van der Waals surface area contributed by atoms with Crippen molar-refractivity contribution in [3.63, 3.8) is 0 Å².